The summed E-state index contributed by atoms with van der Waals surface area (Å²) in [5.74, 6) is 0.180. The monoisotopic (exact) mass is 244 g/mol. The molecule has 0 bridgehead atoms. The lowest BCUT2D eigenvalue weighted by molar-refractivity contribution is -0.121. The van der Waals surface area contributed by atoms with E-state index in [2.05, 4.69) is 32.9 Å². The van der Waals surface area contributed by atoms with Gasteiger partial charge in [-0.1, -0.05) is 38.5 Å². The van der Waals surface area contributed by atoms with Crippen LogP contribution >= 0.6 is 0 Å². The van der Waals surface area contributed by atoms with Crippen LogP contribution in [0.25, 0.3) is 5.57 Å². The molecule has 1 aromatic rings. The molecule has 0 saturated heterocycles. The first-order valence-electron chi connectivity index (χ1n) is 6.44. The summed E-state index contributed by atoms with van der Waals surface area (Å²) >= 11 is 0. The number of benzene rings is 1. The summed E-state index contributed by atoms with van der Waals surface area (Å²) in [5, 5.41) is 0. The summed E-state index contributed by atoms with van der Waals surface area (Å²) < 4.78 is 0. The maximum Gasteiger partial charge on any atom is 0.161 e. The average molecular weight is 244 g/mol. The van der Waals surface area contributed by atoms with Crippen LogP contribution in [0.2, 0.25) is 0 Å². The number of carbonyl (C=O) groups is 1. The predicted molar refractivity (Wildman–Crippen MR) is 78.8 cm³/mol. The summed E-state index contributed by atoms with van der Waals surface area (Å²) in [6.07, 6.45) is 1.78. The molecule has 98 valence electrons. The lowest BCUT2D eigenvalue weighted by atomic mass is 9.87. The highest BCUT2D eigenvalue weighted by molar-refractivity contribution is 6.00. The molecule has 0 fully saturated rings. The zero-order valence-electron chi connectivity index (χ0n) is 12.6. The molecule has 0 saturated carbocycles. The molecule has 0 amide bonds. The Morgan fingerprint density at radius 1 is 1.06 bits per heavy atom. The number of allylic oxidation sites excluding steroid dienone is 2. The van der Waals surface area contributed by atoms with Crippen molar-refractivity contribution in [2.24, 2.45) is 5.41 Å². The molecular weight excluding hydrogens is 220 g/mol. The van der Waals surface area contributed by atoms with Crippen molar-refractivity contribution in [3.8, 4) is 0 Å². The number of aryl methyl sites for hydroxylation is 3. The lowest BCUT2D eigenvalue weighted by Gasteiger charge is -2.16. The minimum atomic E-state index is -0.312. The molecule has 0 atom stereocenters. The van der Waals surface area contributed by atoms with E-state index in [0.717, 1.165) is 5.57 Å². The van der Waals surface area contributed by atoms with Crippen LogP contribution in [-0.4, -0.2) is 5.78 Å². The molecular formula is C17H24O. The fraction of sp³-hybridized carbons (Fsp3) is 0.471. The minimum Gasteiger partial charge on any atom is -0.294 e. The third-order valence-corrected chi connectivity index (χ3v) is 3.16. The van der Waals surface area contributed by atoms with Gasteiger partial charge < -0.3 is 0 Å². The quantitative estimate of drug-likeness (QED) is 0.693. The van der Waals surface area contributed by atoms with Gasteiger partial charge in [0.1, 0.15) is 0 Å². The molecule has 18 heavy (non-hydrogen) atoms. The van der Waals surface area contributed by atoms with E-state index < -0.39 is 0 Å². The van der Waals surface area contributed by atoms with Gasteiger partial charge in [-0.05, 0) is 56.0 Å². The Morgan fingerprint density at radius 2 is 1.50 bits per heavy atom. The molecule has 0 aliphatic carbocycles. The first kappa shape index (κ1) is 14.7. The van der Waals surface area contributed by atoms with E-state index in [0.29, 0.717) is 0 Å². The average Bonchev–Trinajstić information content (AvgIpc) is 2.13. The smallest absolute Gasteiger partial charge is 0.161 e. The zero-order chi connectivity index (χ0) is 14.1. The van der Waals surface area contributed by atoms with Crippen LogP contribution in [0.3, 0.4) is 0 Å². The Labute approximate surface area is 111 Å². The Hall–Kier alpha value is -1.37. The molecule has 1 aromatic carbocycles. The van der Waals surface area contributed by atoms with Crippen LogP contribution < -0.4 is 0 Å². The van der Waals surface area contributed by atoms with Gasteiger partial charge in [-0.3, -0.25) is 4.79 Å². The van der Waals surface area contributed by atoms with Gasteiger partial charge in [0.25, 0.3) is 0 Å². The van der Waals surface area contributed by atoms with Crippen molar-refractivity contribution >= 4 is 11.4 Å². The van der Waals surface area contributed by atoms with E-state index in [9.17, 15) is 4.79 Å². The second kappa shape index (κ2) is 5.09. The fourth-order valence-corrected chi connectivity index (χ4v) is 2.29. The van der Waals surface area contributed by atoms with Crippen molar-refractivity contribution in [2.75, 3.05) is 0 Å². The van der Waals surface area contributed by atoms with Gasteiger partial charge in [0, 0.05) is 5.41 Å². The van der Waals surface area contributed by atoms with Gasteiger partial charge in [0.05, 0.1) is 0 Å². The summed E-state index contributed by atoms with van der Waals surface area (Å²) in [4.78, 5) is 12.1. The Balaban J connectivity index is 3.24. The largest absolute Gasteiger partial charge is 0.294 e. The van der Waals surface area contributed by atoms with Crippen molar-refractivity contribution in [1.82, 2.24) is 0 Å². The van der Waals surface area contributed by atoms with Crippen LogP contribution in [0.4, 0.5) is 0 Å². The fourth-order valence-electron chi connectivity index (χ4n) is 2.29. The minimum absolute atomic E-state index is 0.180. The van der Waals surface area contributed by atoms with Crippen molar-refractivity contribution in [3.63, 3.8) is 0 Å². The third-order valence-electron chi connectivity index (χ3n) is 3.16. The van der Waals surface area contributed by atoms with Crippen LogP contribution in [0.1, 0.15) is 49.9 Å². The lowest BCUT2D eigenvalue weighted by Crippen LogP contribution is -2.17. The van der Waals surface area contributed by atoms with E-state index in [1.165, 1.54) is 22.3 Å². The standard InChI is InChI=1S/C17H24O/c1-11-8-12(2)16(13(3)9-11)14(4)10-15(18)17(5,6)7/h8-10H,1-7H3/b14-10+. The van der Waals surface area contributed by atoms with Crippen LogP contribution in [0.15, 0.2) is 18.2 Å². The van der Waals surface area contributed by atoms with Crippen molar-refractivity contribution in [1.29, 1.82) is 0 Å². The molecule has 0 aliphatic heterocycles. The van der Waals surface area contributed by atoms with Crippen molar-refractivity contribution in [2.45, 2.75) is 48.5 Å². The molecule has 1 nitrogen and oxygen atoms in total. The Morgan fingerprint density at radius 3 is 1.89 bits per heavy atom. The Kier molecular flexibility index (Phi) is 4.16. The predicted octanol–water partition coefficient (Wildman–Crippen LogP) is 4.63. The van der Waals surface area contributed by atoms with Gasteiger partial charge in [0.2, 0.25) is 0 Å². The summed E-state index contributed by atoms with van der Waals surface area (Å²) in [5.41, 5.74) is 5.70. The van der Waals surface area contributed by atoms with Crippen LogP contribution in [0.5, 0.6) is 0 Å². The van der Waals surface area contributed by atoms with Crippen molar-refractivity contribution in [3.05, 3.63) is 40.5 Å². The summed E-state index contributed by atoms with van der Waals surface area (Å²) in [6.45, 7) is 14.2. The van der Waals surface area contributed by atoms with E-state index >= 15 is 0 Å². The third kappa shape index (κ3) is 3.32. The van der Waals surface area contributed by atoms with Crippen LogP contribution in [-0.2, 0) is 4.79 Å². The summed E-state index contributed by atoms with van der Waals surface area (Å²) in [6, 6.07) is 4.34. The molecule has 0 aromatic heterocycles. The molecule has 0 unspecified atom stereocenters. The van der Waals surface area contributed by atoms with Gasteiger partial charge in [-0.2, -0.15) is 0 Å². The maximum absolute atomic E-state index is 12.1. The SMILES string of the molecule is C/C(=C\C(=O)C(C)(C)C)c1c(C)cc(C)cc1C. The van der Waals surface area contributed by atoms with E-state index in [4.69, 9.17) is 0 Å². The van der Waals surface area contributed by atoms with Crippen molar-refractivity contribution < 1.29 is 4.79 Å². The number of carbonyl (C=O) groups excluding carboxylic acids is 1. The molecule has 0 radical (unpaired) electrons. The molecule has 1 heteroatoms. The highest BCUT2D eigenvalue weighted by Gasteiger charge is 2.19. The summed E-state index contributed by atoms with van der Waals surface area (Å²) in [7, 11) is 0. The second-order valence-corrected chi connectivity index (χ2v) is 6.22. The second-order valence-electron chi connectivity index (χ2n) is 6.22. The maximum atomic E-state index is 12.1. The number of hydrogen-bond acceptors (Lipinski definition) is 1. The topological polar surface area (TPSA) is 17.1 Å². The highest BCUT2D eigenvalue weighted by atomic mass is 16.1. The highest BCUT2D eigenvalue weighted by Crippen LogP contribution is 2.26. The van der Waals surface area contributed by atoms with E-state index in [1.54, 1.807) is 6.08 Å². The first-order chi connectivity index (χ1) is 8.12. The van der Waals surface area contributed by atoms with Gasteiger partial charge >= 0.3 is 0 Å². The Bertz CT molecular complexity index is 476. The van der Waals surface area contributed by atoms with Gasteiger partial charge in [0.15, 0.2) is 5.78 Å². The number of hydrogen-bond donors (Lipinski definition) is 0. The van der Waals surface area contributed by atoms with E-state index in [-0.39, 0.29) is 11.2 Å². The number of ketones is 1. The van der Waals surface area contributed by atoms with E-state index in [1.807, 2.05) is 27.7 Å². The van der Waals surface area contributed by atoms with Gasteiger partial charge in [-0.15, -0.1) is 0 Å². The molecule has 0 aliphatic rings. The van der Waals surface area contributed by atoms with Crippen LogP contribution in [0, 0.1) is 26.2 Å². The molecule has 0 N–H and O–H groups in total. The first-order valence-corrected chi connectivity index (χ1v) is 6.44. The molecule has 0 heterocycles. The normalized spacial score (nSPS) is 12.7. The zero-order valence-corrected chi connectivity index (χ0v) is 12.6. The number of rotatable bonds is 2. The molecule has 0 spiro atoms. The molecule has 1 rings (SSSR count). The van der Waals surface area contributed by atoms with Gasteiger partial charge in [-0.25, -0.2) is 0 Å².